The third kappa shape index (κ3) is 4.76. The molecule has 3 heterocycles. The van der Waals surface area contributed by atoms with E-state index in [1.54, 1.807) is 0 Å². The molecule has 3 aromatic heterocycles. The first kappa shape index (κ1) is 31.2. The fourth-order valence-electron chi connectivity index (χ4n) is 8.66. The molecule has 0 bridgehead atoms. The highest BCUT2D eigenvalue weighted by atomic mass is 32.1. The summed E-state index contributed by atoms with van der Waals surface area (Å²) in [5.74, 6) is 0. The predicted molar refractivity (Wildman–Crippen MR) is 237 cm³/mol. The van der Waals surface area contributed by atoms with Crippen LogP contribution >= 0.6 is 11.3 Å². The van der Waals surface area contributed by atoms with Crippen LogP contribution in [0, 0.1) is 0 Å². The summed E-state index contributed by atoms with van der Waals surface area (Å²) < 4.78 is 15.6. The molecule has 12 rings (SSSR count). The van der Waals surface area contributed by atoms with Gasteiger partial charge in [-0.1, -0.05) is 121 Å². The first-order valence-corrected chi connectivity index (χ1v) is 19.7. The van der Waals surface area contributed by atoms with Crippen LogP contribution in [0.15, 0.2) is 197 Å². The van der Waals surface area contributed by atoms with Gasteiger partial charge in [-0.2, -0.15) is 0 Å². The van der Waals surface area contributed by atoms with E-state index >= 15 is 0 Å². The van der Waals surface area contributed by atoms with Gasteiger partial charge in [-0.05, 0) is 94.2 Å². The van der Waals surface area contributed by atoms with Crippen molar-refractivity contribution in [2.24, 2.45) is 0 Å². The molecule has 0 saturated heterocycles. The zero-order valence-corrected chi connectivity index (χ0v) is 30.9. The van der Waals surface area contributed by atoms with Crippen LogP contribution in [-0.4, -0.2) is 0 Å². The molecule has 3 nitrogen and oxygen atoms in total. The number of anilines is 3. The fourth-order valence-corrected chi connectivity index (χ4v) is 9.74. The summed E-state index contributed by atoms with van der Waals surface area (Å²) in [5.41, 5.74) is 11.4. The topological polar surface area (TPSA) is 29.5 Å². The van der Waals surface area contributed by atoms with Crippen molar-refractivity contribution in [2.75, 3.05) is 4.90 Å². The highest BCUT2D eigenvalue weighted by Crippen LogP contribution is 2.46. The molecular weight excluding hydrogens is 703 g/mol. The molecule has 0 aliphatic carbocycles. The van der Waals surface area contributed by atoms with Gasteiger partial charge in [0.25, 0.3) is 0 Å². The lowest BCUT2D eigenvalue weighted by molar-refractivity contribution is 0.670. The van der Waals surface area contributed by atoms with E-state index in [-0.39, 0.29) is 0 Å². The Morgan fingerprint density at radius 1 is 0.357 bits per heavy atom. The van der Waals surface area contributed by atoms with Crippen molar-refractivity contribution in [1.29, 1.82) is 0 Å². The molecule has 0 amide bonds. The van der Waals surface area contributed by atoms with Gasteiger partial charge < -0.3 is 13.7 Å². The maximum Gasteiger partial charge on any atom is 0.144 e. The minimum atomic E-state index is 0.903. The molecule has 0 spiro atoms. The Bertz CT molecular complexity index is 3480. The normalized spacial score (nSPS) is 11.9. The van der Waals surface area contributed by atoms with Gasteiger partial charge in [-0.25, -0.2) is 0 Å². The second-order valence-electron chi connectivity index (χ2n) is 14.4. The van der Waals surface area contributed by atoms with Gasteiger partial charge in [0.1, 0.15) is 22.3 Å². The molecule has 0 radical (unpaired) electrons. The summed E-state index contributed by atoms with van der Waals surface area (Å²) >= 11 is 1.82. The standard InChI is InChI=1S/C52H31NO2S/c1-2-10-32(11-3-1)35-13-8-14-37(30-35)53(36-23-20-34(21-24-36)40-17-9-18-42-41-16-6-7-19-45(41)54-51(40)42)38-25-28-47-44(31-38)50-48(56-47)29-26-43-49-39-15-5-4-12-33(39)22-27-46(49)55-52(43)50/h1-31H. The molecule has 262 valence electrons. The zero-order valence-electron chi connectivity index (χ0n) is 30.1. The van der Waals surface area contributed by atoms with Gasteiger partial charge in [-0.3, -0.25) is 0 Å². The Balaban J connectivity index is 1.05. The Labute approximate surface area is 325 Å². The highest BCUT2D eigenvalue weighted by molar-refractivity contribution is 7.26. The average molecular weight is 734 g/mol. The van der Waals surface area contributed by atoms with Crippen molar-refractivity contribution in [1.82, 2.24) is 0 Å². The monoisotopic (exact) mass is 733 g/mol. The largest absolute Gasteiger partial charge is 0.455 e. The van der Waals surface area contributed by atoms with E-state index in [2.05, 4.69) is 181 Å². The highest BCUT2D eigenvalue weighted by Gasteiger charge is 2.20. The molecule has 0 unspecified atom stereocenters. The van der Waals surface area contributed by atoms with Crippen LogP contribution in [0.3, 0.4) is 0 Å². The molecule has 4 heteroatoms. The smallest absolute Gasteiger partial charge is 0.144 e. The van der Waals surface area contributed by atoms with Crippen LogP contribution in [0.5, 0.6) is 0 Å². The molecule has 0 atom stereocenters. The lowest BCUT2D eigenvalue weighted by Crippen LogP contribution is -2.10. The lowest BCUT2D eigenvalue weighted by atomic mass is 10.0. The van der Waals surface area contributed by atoms with Crippen molar-refractivity contribution in [3.05, 3.63) is 188 Å². The molecular formula is C52H31NO2S. The molecule has 9 aromatic carbocycles. The third-order valence-corrected chi connectivity index (χ3v) is 12.4. The number of nitrogens with zero attached hydrogens (tertiary/aromatic N) is 1. The zero-order chi connectivity index (χ0) is 36.7. The van der Waals surface area contributed by atoms with Crippen molar-refractivity contribution < 1.29 is 8.83 Å². The molecule has 0 aliphatic rings. The van der Waals surface area contributed by atoms with E-state index in [1.807, 2.05) is 23.5 Å². The summed E-state index contributed by atoms with van der Waals surface area (Å²) in [7, 11) is 0. The second-order valence-corrected chi connectivity index (χ2v) is 15.5. The van der Waals surface area contributed by atoms with Crippen LogP contribution in [0.25, 0.3) is 97.1 Å². The summed E-state index contributed by atoms with van der Waals surface area (Å²) in [6, 6.07) is 67.2. The minimum Gasteiger partial charge on any atom is -0.455 e. The number of fused-ring (bicyclic) bond motifs is 12. The number of rotatable bonds is 5. The minimum absolute atomic E-state index is 0.903. The Kier molecular flexibility index (Phi) is 6.80. The van der Waals surface area contributed by atoms with Crippen LogP contribution in [0.2, 0.25) is 0 Å². The molecule has 56 heavy (non-hydrogen) atoms. The predicted octanol–water partition coefficient (Wildman–Crippen LogP) is 15.8. The van der Waals surface area contributed by atoms with Crippen LogP contribution in [0.4, 0.5) is 17.1 Å². The van der Waals surface area contributed by atoms with Crippen LogP contribution in [-0.2, 0) is 0 Å². The average Bonchev–Trinajstić information content (AvgIpc) is 3.96. The van der Waals surface area contributed by atoms with Gasteiger partial charge >= 0.3 is 0 Å². The lowest BCUT2D eigenvalue weighted by Gasteiger charge is -2.26. The summed E-state index contributed by atoms with van der Waals surface area (Å²) in [4.78, 5) is 2.37. The van der Waals surface area contributed by atoms with E-state index in [1.165, 1.54) is 42.1 Å². The Hall–Kier alpha value is -7.14. The Morgan fingerprint density at radius 2 is 1.07 bits per heavy atom. The molecule has 0 aliphatic heterocycles. The number of hydrogen-bond acceptors (Lipinski definition) is 4. The second kappa shape index (κ2) is 12.2. The SMILES string of the molecule is c1ccc(-c2cccc(N(c3ccc(-c4cccc5c4oc4ccccc45)cc3)c3ccc4sc5ccc6c(oc7ccc8ccccc8c76)c5c4c3)c2)cc1. The first-order chi connectivity index (χ1) is 27.7. The first-order valence-electron chi connectivity index (χ1n) is 18.9. The molecule has 12 aromatic rings. The molecule has 0 N–H and O–H groups in total. The summed E-state index contributed by atoms with van der Waals surface area (Å²) in [5, 5.41) is 9.37. The Morgan fingerprint density at radius 3 is 1.98 bits per heavy atom. The summed E-state index contributed by atoms with van der Waals surface area (Å²) in [6.07, 6.45) is 0. The van der Waals surface area contributed by atoms with Gasteiger partial charge in [0, 0.05) is 64.3 Å². The van der Waals surface area contributed by atoms with Crippen molar-refractivity contribution in [3.63, 3.8) is 0 Å². The number of thiophene rings is 1. The van der Waals surface area contributed by atoms with Gasteiger partial charge in [0.05, 0.1) is 0 Å². The van der Waals surface area contributed by atoms with E-state index in [9.17, 15) is 0 Å². The maximum atomic E-state index is 6.76. The fraction of sp³-hybridized carbons (Fsp3) is 0. The maximum absolute atomic E-state index is 6.76. The molecule has 0 fully saturated rings. The number of benzene rings is 9. The third-order valence-electron chi connectivity index (χ3n) is 11.3. The van der Waals surface area contributed by atoms with E-state index in [0.717, 1.165) is 72.1 Å². The number of furan rings is 2. The van der Waals surface area contributed by atoms with Gasteiger partial charge in [0.15, 0.2) is 0 Å². The number of para-hydroxylation sites is 2. The van der Waals surface area contributed by atoms with Crippen molar-refractivity contribution >= 4 is 103 Å². The van der Waals surface area contributed by atoms with Gasteiger partial charge in [0.2, 0.25) is 0 Å². The van der Waals surface area contributed by atoms with Crippen molar-refractivity contribution in [3.8, 4) is 22.3 Å². The van der Waals surface area contributed by atoms with E-state index in [4.69, 9.17) is 8.83 Å². The van der Waals surface area contributed by atoms with Gasteiger partial charge in [-0.15, -0.1) is 11.3 Å². The number of hydrogen-bond donors (Lipinski definition) is 0. The quantitative estimate of drug-likeness (QED) is 0.176. The molecule has 0 saturated carbocycles. The van der Waals surface area contributed by atoms with Crippen molar-refractivity contribution in [2.45, 2.75) is 0 Å². The van der Waals surface area contributed by atoms with Crippen LogP contribution in [0.1, 0.15) is 0 Å². The van der Waals surface area contributed by atoms with E-state index in [0.29, 0.717) is 0 Å². The van der Waals surface area contributed by atoms with Crippen LogP contribution < -0.4 is 4.90 Å². The summed E-state index contributed by atoms with van der Waals surface area (Å²) in [6.45, 7) is 0. The van der Waals surface area contributed by atoms with E-state index < -0.39 is 0 Å².